The lowest BCUT2D eigenvalue weighted by Gasteiger charge is -2.32. The first kappa shape index (κ1) is 33.6. The lowest BCUT2D eigenvalue weighted by atomic mass is 10.0. The van der Waals surface area contributed by atoms with Crippen molar-refractivity contribution in [2.75, 3.05) is 30.3 Å². The highest BCUT2D eigenvalue weighted by molar-refractivity contribution is 7.92. The van der Waals surface area contributed by atoms with Crippen LogP contribution in [0.2, 0.25) is 0 Å². The van der Waals surface area contributed by atoms with Gasteiger partial charge in [0.1, 0.15) is 17.6 Å². The van der Waals surface area contributed by atoms with E-state index in [1.165, 1.54) is 21.3 Å². The minimum atomic E-state index is -3.68. The summed E-state index contributed by atoms with van der Waals surface area (Å²) >= 11 is 0. The van der Waals surface area contributed by atoms with E-state index in [0.29, 0.717) is 36.6 Å². The van der Waals surface area contributed by atoms with Crippen molar-refractivity contribution in [3.63, 3.8) is 0 Å². The van der Waals surface area contributed by atoms with Gasteiger partial charge in [-0.25, -0.2) is 12.8 Å². The van der Waals surface area contributed by atoms with Crippen molar-refractivity contribution < 1.29 is 27.1 Å². The number of anilines is 1. The van der Waals surface area contributed by atoms with Gasteiger partial charge in [-0.3, -0.25) is 13.9 Å². The average molecular weight is 612 g/mol. The van der Waals surface area contributed by atoms with Gasteiger partial charge in [-0.15, -0.1) is 0 Å². The zero-order chi connectivity index (χ0) is 31.2. The Hall–Kier alpha value is -3.92. The summed E-state index contributed by atoms with van der Waals surface area (Å²) in [6.45, 7) is 4.85. The molecule has 3 aromatic carbocycles. The minimum Gasteiger partial charge on any atom is -0.492 e. The van der Waals surface area contributed by atoms with Crippen LogP contribution in [0, 0.1) is 5.82 Å². The van der Waals surface area contributed by atoms with Gasteiger partial charge < -0.3 is 15.0 Å². The van der Waals surface area contributed by atoms with E-state index in [9.17, 15) is 22.4 Å². The fourth-order valence-electron chi connectivity index (χ4n) is 4.77. The van der Waals surface area contributed by atoms with Gasteiger partial charge in [-0.1, -0.05) is 67.9 Å². The SMILES string of the molecule is CCCCNC(=O)C(Cc1ccccc1)N(Cc1ccc(F)cc1)C(=O)CCCN(c1ccccc1OCC)S(C)(=O)=O. The molecule has 0 bridgehead atoms. The number of nitrogens with zero attached hydrogens (tertiary/aromatic N) is 2. The van der Waals surface area contributed by atoms with Crippen LogP contribution in [0.3, 0.4) is 0 Å². The predicted octanol–water partition coefficient (Wildman–Crippen LogP) is 5.33. The van der Waals surface area contributed by atoms with Crippen LogP contribution >= 0.6 is 0 Å². The number of unbranched alkanes of at least 4 members (excludes halogenated alkanes) is 1. The second kappa shape index (κ2) is 16.6. The van der Waals surface area contributed by atoms with E-state index in [1.807, 2.05) is 44.2 Å². The standard InChI is InChI=1S/C33H42FN3O5S/c1-4-6-22-35-33(39)30(24-26-13-8-7-9-14-26)36(25-27-18-20-28(34)21-19-27)32(38)17-12-23-37(43(3,40)41)29-15-10-11-16-31(29)42-5-2/h7-11,13-16,18-21,30H,4-6,12,17,22-25H2,1-3H3,(H,35,39). The van der Waals surface area contributed by atoms with E-state index in [-0.39, 0.29) is 37.7 Å². The summed E-state index contributed by atoms with van der Waals surface area (Å²) in [6, 6.07) is 21.4. The zero-order valence-corrected chi connectivity index (χ0v) is 26.0. The molecule has 0 radical (unpaired) electrons. The molecule has 0 aliphatic heterocycles. The Bertz CT molecular complexity index is 1420. The lowest BCUT2D eigenvalue weighted by Crippen LogP contribution is -2.50. The third-order valence-corrected chi connectivity index (χ3v) is 8.13. The molecule has 1 unspecified atom stereocenters. The van der Waals surface area contributed by atoms with E-state index in [1.54, 1.807) is 36.4 Å². The van der Waals surface area contributed by atoms with Crippen molar-refractivity contribution in [2.45, 2.75) is 58.5 Å². The molecular formula is C33H42FN3O5S. The van der Waals surface area contributed by atoms with Crippen LogP contribution in [0.4, 0.5) is 10.1 Å². The number of para-hydroxylation sites is 2. The van der Waals surface area contributed by atoms with E-state index in [2.05, 4.69) is 5.32 Å². The molecule has 3 aromatic rings. The molecule has 232 valence electrons. The van der Waals surface area contributed by atoms with Crippen LogP contribution in [0.25, 0.3) is 0 Å². The van der Waals surface area contributed by atoms with Crippen LogP contribution in [0.15, 0.2) is 78.9 Å². The van der Waals surface area contributed by atoms with Crippen LogP contribution in [-0.4, -0.2) is 57.1 Å². The highest BCUT2D eigenvalue weighted by atomic mass is 32.2. The third-order valence-electron chi connectivity index (χ3n) is 6.95. The van der Waals surface area contributed by atoms with Gasteiger partial charge in [0.15, 0.2) is 0 Å². The molecule has 0 aliphatic rings. The van der Waals surface area contributed by atoms with Crippen LogP contribution in [-0.2, 0) is 32.6 Å². The topological polar surface area (TPSA) is 96.0 Å². The number of hydrogen-bond acceptors (Lipinski definition) is 5. The average Bonchev–Trinajstić information content (AvgIpc) is 2.98. The molecule has 2 amide bonds. The van der Waals surface area contributed by atoms with Gasteiger partial charge in [0, 0.05) is 32.5 Å². The van der Waals surface area contributed by atoms with Crippen molar-refractivity contribution in [2.24, 2.45) is 0 Å². The van der Waals surface area contributed by atoms with E-state index >= 15 is 0 Å². The van der Waals surface area contributed by atoms with Gasteiger partial charge in [0.05, 0.1) is 18.6 Å². The number of benzene rings is 3. The highest BCUT2D eigenvalue weighted by Gasteiger charge is 2.30. The molecule has 1 N–H and O–H groups in total. The number of sulfonamides is 1. The molecule has 0 saturated carbocycles. The summed E-state index contributed by atoms with van der Waals surface area (Å²) in [7, 11) is -3.68. The molecule has 0 saturated heterocycles. The first-order valence-electron chi connectivity index (χ1n) is 14.7. The van der Waals surface area contributed by atoms with Crippen LogP contribution in [0.5, 0.6) is 5.75 Å². The number of ether oxygens (including phenoxy) is 1. The Morgan fingerprint density at radius 1 is 0.907 bits per heavy atom. The lowest BCUT2D eigenvalue weighted by molar-refractivity contribution is -0.141. The molecule has 3 rings (SSSR count). The molecular weight excluding hydrogens is 569 g/mol. The Labute approximate surface area is 254 Å². The Morgan fingerprint density at radius 3 is 2.23 bits per heavy atom. The van der Waals surface area contributed by atoms with Crippen LogP contribution in [0.1, 0.15) is 50.7 Å². The van der Waals surface area contributed by atoms with Gasteiger partial charge in [-0.2, -0.15) is 0 Å². The summed E-state index contributed by atoms with van der Waals surface area (Å²) in [6.07, 6.45) is 3.34. The monoisotopic (exact) mass is 611 g/mol. The summed E-state index contributed by atoms with van der Waals surface area (Å²) in [4.78, 5) is 29.0. The number of rotatable bonds is 17. The Balaban J connectivity index is 1.88. The zero-order valence-electron chi connectivity index (χ0n) is 25.2. The van der Waals surface area contributed by atoms with E-state index in [0.717, 1.165) is 24.7 Å². The maximum atomic E-state index is 13.9. The van der Waals surface area contributed by atoms with Gasteiger partial charge in [0.25, 0.3) is 0 Å². The summed E-state index contributed by atoms with van der Waals surface area (Å²) in [5.74, 6) is -0.530. The molecule has 43 heavy (non-hydrogen) atoms. The maximum absolute atomic E-state index is 13.9. The smallest absolute Gasteiger partial charge is 0.243 e. The van der Waals surface area contributed by atoms with Gasteiger partial charge >= 0.3 is 0 Å². The molecule has 1 atom stereocenters. The number of amides is 2. The number of hydrogen-bond donors (Lipinski definition) is 1. The molecule has 10 heteroatoms. The largest absolute Gasteiger partial charge is 0.492 e. The molecule has 0 aromatic heterocycles. The van der Waals surface area contributed by atoms with Gasteiger partial charge in [0.2, 0.25) is 21.8 Å². The Morgan fingerprint density at radius 2 is 1.58 bits per heavy atom. The highest BCUT2D eigenvalue weighted by Crippen LogP contribution is 2.30. The Kier molecular flexibility index (Phi) is 13.0. The first-order chi connectivity index (χ1) is 20.6. The van der Waals surface area contributed by atoms with E-state index < -0.39 is 21.9 Å². The fourth-order valence-corrected chi connectivity index (χ4v) is 5.74. The van der Waals surface area contributed by atoms with Crippen molar-refractivity contribution in [1.82, 2.24) is 10.2 Å². The first-order valence-corrected chi connectivity index (χ1v) is 16.5. The van der Waals surface area contributed by atoms with Crippen molar-refractivity contribution >= 4 is 27.5 Å². The van der Waals surface area contributed by atoms with Crippen molar-refractivity contribution in [3.8, 4) is 5.75 Å². The third kappa shape index (κ3) is 10.4. The predicted molar refractivity (Wildman–Crippen MR) is 168 cm³/mol. The van der Waals surface area contributed by atoms with Gasteiger partial charge in [-0.05, 0) is 55.2 Å². The van der Waals surface area contributed by atoms with Crippen molar-refractivity contribution in [1.29, 1.82) is 0 Å². The molecule has 0 fully saturated rings. The summed E-state index contributed by atoms with van der Waals surface area (Å²) in [5, 5.41) is 2.97. The molecule has 0 spiro atoms. The normalized spacial score (nSPS) is 11.9. The molecule has 0 aliphatic carbocycles. The maximum Gasteiger partial charge on any atom is 0.243 e. The molecule has 0 heterocycles. The molecule has 8 nitrogen and oxygen atoms in total. The number of nitrogens with one attached hydrogen (secondary N) is 1. The quantitative estimate of drug-likeness (QED) is 0.208. The summed E-state index contributed by atoms with van der Waals surface area (Å²) < 4.78 is 46.1. The fraction of sp³-hybridized carbons (Fsp3) is 0.394. The van der Waals surface area contributed by atoms with E-state index in [4.69, 9.17) is 4.74 Å². The van der Waals surface area contributed by atoms with Crippen molar-refractivity contribution in [3.05, 3.63) is 95.8 Å². The van der Waals surface area contributed by atoms with Crippen LogP contribution < -0.4 is 14.4 Å². The number of carbonyl (C=O) groups is 2. The second-order valence-corrected chi connectivity index (χ2v) is 12.2. The minimum absolute atomic E-state index is 0.00243. The summed E-state index contributed by atoms with van der Waals surface area (Å²) in [5.41, 5.74) is 1.98. The number of halogens is 1. The second-order valence-electron chi connectivity index (χ2n) is 10.3. The number of carbonyl (C=O) groups excluding carboxylic acids is 2.